The third-order valence-electron chi connectivity index (χ3n) is 7.12. The predicted molar refractivity (Wildman–Crippen MR) is 132 cm³/mol. The Kier molecular flexibility index (Phi) is 6.95. The minimum absolute atomic E-state index is 0.0502. The lowest BCUT2D eigenvalue weighted by Gasteiger charge is -2.32. The third-order valence-corrected chi connectivity index (χ3v) is 8.08. The predicted octanol–water partition coefficient (Wildman–Crippen LogP) is 2.59. The number of amides is 4. The Morgan fingerprint density at radius 1 is 1.14 bits per heavy atom. The van der Waals surface area contributed by atoms with Crippen molar-refractivity contribution in [2.75, 3.05) is 11.4 Å². The Hall–Kier alpha value is -3.24. The maximum absolute atomic E-state index is 14.0. The molecule has 3 heterocycles. The van der Waals surface area contributed by atoms with Gasteiger partial charge in [0.05, 0.1) is 23.6 Å². The fourth-order valence-corrected chi connectivity index (χ4v) is 6.37. The van der Waals surface area contributed by atoms with Gasteiger partial charge >= 0.3 is 12.0 Å². The van der Waals surface area contributed by atoms with E-state index in [0.29, 0.717) is 18.5 Å². The van der Waals surface area contributed by atoms with Crippen molar-refractivity contribution in [3.8, 4) is 0 Å². The van der Waals surface area contributed by atoms with Gasteiger partial charge in [0.25, 0.3) is 0 Å². The summed E-state index contributed by atoms with van der Waals surface area (Å²) in [5.74, 6) is -3.99. The van der Waals surface area contributed by atoms with Crippen LogP contribution in [0.3, 0.4) is 0 Å². The van der Waals surface area contributed by atoms with Gasteiger partial charge in [-0.1, -0.05) is 38.1 Å². The smallest absolute Gasteiger partial charge is 0.324 e. The van der Waals surface area contributed by atoms with Crippen LogP contribution >= 0.6 is 11.3 Å². The first-order valence-corrected chi connectivity index (χ1v) is 12.7. The molecule has 9 nitrogen and oxygen atoms in total. The summed E-state index contributed by atoms with van der Waals surface area (Å²) in [5.41, 5.74) is 5.82. The Balaban J connectivity index is 1.81. The maximum atomic E-state index is 14.0. The van der Waals surface area contributed by atoms with E-state index in [1.165, 1.54) is 16.2 Å². The van der Waals surface area contributed by atoms with Gasteiger partial charge in [0.2, 0.25) is 11.8 Å². The van der Waals surface area contributed by atoms with Gasteiger partial charge in [0.1, 0.15) is 5.54 Å². The highest BCUT2D eigenvalue weighted by Crippen LogP contribution is 2.52. The lowest BCUT2D eigenvalue weighted by Crippen LogP contribution is -2.56. The van der Waals surface area contributed by atoms with Crippen molar-refractivity contribution in [1.82, 2.24) is 10.6 Å². The molecule has 0 saturated carbocycles. The van der Waals surface area contributed by atoms with E-state index in [-0.39, 0.29) is 25.3 Å². The highest BCUT2D eigenvalue weighted by Gasteiger charge is 2.68. The number of benzene rings is 1. The SMILES string of the molecule is CCc1cccc(CC)c1N1C(=O)C2C(c3cccs3)NC(CCCNC(N)=O)(C(=O)O)C2C1=O. The number of urea groups is 1. The number of rotatable bonds is 9. The standard InChI is InChI=1S/C25H30N4O5S/c1-3-14-8-5-9-15(4-2)20(14)29-21(30)17-18(22(29)31)25(23(32)33,11-7-12-27-24(26)34)28-19(17)16-10-6-13-35-16/h5-6,8-10,13,17-19,28H,3-4,7,11-12H2,1-2H3,(H,32,33)(H3,26,27,34). The maximum Gasteiger partial charge on any atom is 0.324 e. The van der Waals surface area contributed by atoms with Crippen molar-refractivity contribution in [3.05, 3.63) is 51.7 Å². The quantitative estimate of drug-likeness (QED) is 0.309. The molecule has 4 amide bonds. The summed E-state index contributed by atoms with van der Waals surface area (Å²) in [6, 6.07) is 8.09. The van der Waals surface area contributed by atoms with Crippen LogP contribution in [0.1, 0.15) is 48.7 Å². The van der Waals surface area contributed by atoms with Crippen LogP contribution < -0.4 is 21.3 Å². The molecule has 2 saturated heterocycles. The van der Waals surface area contributed by atoms with E-state index in [1.54, 1.807) is 0 Å². The van der Waals surface area contributed by atoms with Gasteiger partial charge < -0.3 is 16.2 Å². The number of anilines is 1. The molecule has 2 fully saturated rings. The second-order valence-corrected chi connectivity index (χ2v) is 9.94. The number of nitrogens with zero attached hydrogens (tertiary/aromatic N) is 1. The average Bonchev–Trinajstić information content (AvgIpc) is 3.53. The number of primary amides is 1. The number of hydrogen-bond acceptors (Lipinski definition) is 6. The first-order valence-electron chi connectivity index (χ1n) is 11.8. The topological polar surface area (TPSA) is 142 Å². The molecular formula is C25H30N4O5S. The number of para-hydroxylation sites is 1. The number of aryl methyl sites for hydroxylation is 2. The van der Waals surface area contributed by atoms with Crippen LogP contribution in [0.2, 0.25) is 0 Å². The summed E-state index contributed by atoms with van der Waals surface area (Å²) in [6.45, 7) is 4.10. The molecule has 4 atom stereocenters. The monoisotopic (exact) mass is 498 g/mol. The molecule has 4 rings (SSSR count). The number of carboxylic acid groups (broad SMARTS) is 1. The van der Waals surface area contributed by atoms with Gasteiger partial charge in [-0.15, -0.1) is 11.3 Å². The Morgan fingerprint density at radius 3 is 2.37 bits per heavy atom. The molecule has 35 heavy (non-hydrogen) atoms. The number of nitrogens with two attached hydrogens (primary N) is 1. The zero-order valence-corrected chi connectivity index (χ0v) is 20.6. The summed E-state index contributed by atoms with van der Waals surface area (Å²) in [7, 11) is 0. The second kappa shape index (κ2) is 9.79. The number of aliphatic carboxylic acids is 1. The molecule has 0 bridgehead atoms. The highest BCUT2D eigenvalue weighted by molar-refractivity contribution is 7.10. The molecule has 10 heteroatoms. The number of carbonyl (C=O) groups is 4. The fourth-order valence-electron chi connectivity index (χ4n) is 5.55. The largest absolute Gasteiger partial charge is 0.480 e. The molecule has 4 unspecified atom stereocenters. The molecule has 0 aliphatic carbocycles. The zero-order chi connectivity index (χ0) is 25.3. The van der Waals surface area contributed by atoms with Crippen molar-refractivity contribution in [3.63, 3.8) is 0 Å². The first kappa shape index (κ1) is 24.9. The van der Waals surface area contributed by atoms with Gasteiger partial charge in [-0.25, -0.2) is 9.69 Å². The number of nitrogens with one attached hydrogen (secondary N) is 2. The van der Waals surface area contributed by atoms with Crippen LogP contribution in [-0.4, -0.2) is 41.0 Å². The molecule has 1 aromatic carbocycles. The van der Waals surface area contributed by atoms with E-state index in [4.69, 9.17) is 5.73 Å². The molecule has 2 aliphatic heterocycles. The summed E-state index contributed by atoms with van der Waals surface area (Å²) in [4.78, 5) is 53.9. The van der Waals surface area contributed by atoms with E-state index in [9.17, 15) is 24.3 Å². The highest BCUT2D eigenvalue weighted by atomic mass is 32.1. The van der Waals surface area contributed by atoms with Crippen molar-refractivity contribution in [1.29, 1.82) is 0 Å². The number of carboxylic acids is 1. The van der Waals surface area contributed by atoms with E-state index in [1.807, 2.05) is 49.6 Å². The zero-order valence-electron chi connectivity index (χ0n) is 19.7. The fraction of sp³-hybridized carbons (Fsp3) is 0.440. The number of fused-ring (bicyclic) bond motifs is 1. The molecule has 5 N–H and O–H groups in total. The number of imide groups is 1. The van der Waals surface area contributed by atoms with Crippen LogP contribution in [0.25, 0.3) is 0 Å². The Bertz CT molecular complexity index is 1130. The van der Waals surface area contributed by atoms with Gasteiger partial charge in [0.15, 0.2) is 0 Å². The molecular weight excluding hydrogens is 468 g/mol. The van der Waals surface area contributed by atoms with Crippen LogP contribution in [0.4, 0.5) is 10.5 Å². The van der Waals surface area contributed by atoms with Gasteiger partial charge in [-0.2, -0.15) is 0 Å². The average molecular weight is 499 g/mol. The Labute approximate surface area is 207 Å². The lowest BCUT2D eigenvalue weighted by atomic mass is 9.77. The van der Waals surface area contributed by atoms with Gasteiger partial charge in [-0.05, 0) is 48.3 Å². The molecule has 0 spiro atoms. The third kappa shape index (κ3) is 4.10. The van der Waals surface area contributed by atoms with Crippen molar-refractivity contribution < 1.29 is 24.3 Å². The summed E-state index contributed by atoms with van der Waals surface area (Å²) in [5, 5.41) is 18.0. The second-order valence-electron chi connectivity index (χ2n) is 8.96. The normalized spacial score (nSPS) is 25.7. The summed E-state index contributed by atoms with van der Waals surface area (Å²) in [6.07, 6.45) is 1.58. The molecule has 1 aromatic heterocycles. The van der Waals surface area contributed by atoms with Crippen LogP contribution in [0.5, 0.6) is 0 Å². The van der Waals surface area contributed by atoms with Gasteiger partial charge in [-0.3, -0.25) is 19.7 Å². The van der Waals surface area contributed by atoms with E-state index in [0.717, 1.165) is 16.0 Å². The number of carbonyl (C=O) groups excluding carboxylic acids is 3. The van der Waals surface area contributed by atoms with E-state index >= 15 is 0 Å². The molecule has 186 valence electrons. The van der Waals surface area contributed by atoms with Crippen molar-refractivity contribution >= 4 is 40.8 Å². The van der Waals surface area contributed by atoms with Crippen LogP contribution in [-0.2, 0) is 27.2 Å². The van der Waals surface area contributed by atoms with Crippen LogP contribution in [0.15, 0.2) is 35.7 Å². The minimum atomic E-state index is -1.66. The van der Waals surface area contributed by atoms with Crippen molar-refractivity contribution in [2.45, 2.75) is 51.1 Å². The summed E-state index contributed by atoms with van der Waals surface area (Å²) >= 11 is 1.42. The molecule has 2 aromatic rings. The van der Waals surface area contributed by atoms with E-state index < -0.39 is 41.3 Å². The molecule has 2 aliphatic rings. The van der Waals surface area contributed by atoms with Gasteiger partial charge in [0, 0.05) is 11.4 Å². The van der Waals surface area contributed by atoms with Crippen molar-refractivity contribution in [2.24, 2.45) is 17.6 Å². The summed E-state index contributed by atoms with van der Waals surface area (Å²) < 4.78 is 0. The molecule has 0 radical (unpaired) electrons. The first-order chi connectivity index (χ1) is 16.8. The van der Waals surface area contributed by atoms with Crippen LogP contribution in [0, 0.1) is 11.8 Å². The van der Waals surface area contributed by atoms with E-state index in [2.05, 4.69) is 10.6 Å². The number of thiophene rings is 1. The number of hydrogen-bond donors (Lipinski definition) is 4. The Morgan fingerprint density at radius 2 is 1.83 bits per heavy atom. The minimum Gasteiger partial charge on any atom is -0.480 e. The lowest BCUT2D eigenvalue weighted by molar-refractivity contribution is -0.149.